The Morgan fingerprint density at radius 2 is 2.36 bits per heavy atom. The number of rotatable bonds is 2. The maximum absolute atomic E-state index is 11.2. The number of carbonyl (C=O) groups is 1. The van der Waals surface area contributed by atoms with E-state index in [1.54, 1.807) is 6.92 Å². The summed E-state index contributed by atoms with van der Waals surface area (Å²) in [7, 11) is 0. The number of hydrogen-bond acceptors (Lipinski definition) is 2. The topological polar surface area (TPSA) is 29.1 Å². The minimum Gasteiger partial charge on any atom is -0.310 e. The molecule has 14 heavy (non-hydrogen) atoms. The van der Waals surface area contributed by atoms with Crippen LogP contribution in [0.15, 0.2) is 24.3 Å². The van der Waals surface area contributed by atoms with Crippen molar-refractivity contribution >= 4 is 5.78 Å². The average Bonchev–Trinajstić information content (AvgIpc) is 2.71. The number of hydrogen-bond donors (Lipinski definition) is 1. The summed E-state index contributed by atoms with van der Waals surface area (Å²) in [6, 6.07) is 8.39. The van der Waals surface area contributed by atoms with Crippen molar-refractivity contribution in [3.05, 3.63) is 35.4 Å². The van der Waals surface area contributed by atoms with Crippen LogP contribution in [0, 0.1) is 0 Å². The van der Waals surface area contributed by atoms with Crippen molar-refractivity contribution in [2.24, 2.45) is 0 Å². The van der Waals surface area contributed by atoms with E-state index in [1.807, 2.05) is 18.2 Å². The Morgan fingerprint density at radius 3 is 3.00 bits per heavy atom. The summed E-state index contributed by atoms with van der Waals surface area (Å²) in [5.41, 5.74) is 2.06. The van der Waals surface area contributed by atoms with Crippen molar-refractivity contribution in [1.29, 1.82) is 0 Å². The van der Waals surface area contributed by atoms with Crippen molar-refractivity contribution in [2.45, 2.75) is 25.8 Å². The van der Waals surface area contributed by atoms with E-state index in [0.29, 0.717) is 6.04 Å². The summed E-state index contributed by atoms with van der Waals surface area (Å²) in [5.74, 6) is 0.143. The molecule has 2 rings (SSSR count). The molecule has 2 heteroatoms. The molecule has 0 radical (unpaired) electrons. The number of ketones is 1. The van der Waals surface area contributed by atoms with Crippen LogP contribution in [0.3, 0.4) is 0 Å². The fraction of sp³-hybridized carbons (Fsp3) is 0.417. The summed E-state index contributed by atoms with van der Waals surface area (Å²) in [4.78, 5) is 11.2. The van der Waals surface area contributed by atoms with Gasteiger partial charge in [-0.15, -0.1) is 0 Å². The first kappa shape index (κ1) is 9.41. The van der Waals surface area contributed by atoms with Crippen LogP contribution in [-0.2, 0) is 0 Å². The van der Waals surface area contributed by atoms with Crippen molar-refractivity contribution in [3.8, 4) is 0 Å². The molecule has 1 unspecified atom stereocenters. The lowest BCUT2D eigenvalue weighted by atomic mass is 10.0. The normalized spacial score (nSPS) is 21.1. The first-order valence-electron chi connectivity index (χ1n) is 5.11. The molecule has 1 N–H and O–H groups in total. The fourth-order valence-corrected chi connectivity index (χ4v) is 1.94. The van der Waals surface area contributed by atoms with E-state index in [4.69, 9.17) is 0 Å². The fourth-order valence-electron chi connectivity index (χ4n) is 1.94. The number of benzene rings is 1. The lowest BCUT2D eigenvalue weighted by Crippen LogP contribution is -2.13. The molecule has 1 fully saturated rings. The van der Waals surface area contributed by atoms with Gasteiger partial charge in [-0.05, 0) is 37.9 Å². The highest BCUT2D eigenvalue weighted by atomic mass is 16.1. The predicted octanol–water partition coefficient (Wildman–Crippen LogP) is 2.31. The molecule has 1 saturated heterocycles. The second kappa shape index (κ2) is 3.93. The minimum atomic E-state index is 0.143. The summed E-state index contributed by atoms with van der Waals surface area (Å²) in [6.07, 6.45) is 2.41. The van der Waals surface area contributed by atoms with E-state index in [2.05, 4.69) is 11.4 Å². The van der Waals surface area contributed by atoms with Crippen LogP contribution < -0.4 is 5.32 Å². The standard InChI is InChI=1S/C12H15NO/c1-9(14)10-4-2-5-11(8-10)12-6-3-7-13-12/h2,4-5,8,12-13H,3,6-7H2,1H3. The molecule has 0 bridgehead atoms. The summed E-state index contributed by atoms with van der Waals surface area (Å²) >= 11 is 0. The van der Waals surface area contributed by atoms with Crippen molar-refractivity contribution < 1.29 is 4.79 Å². The van der Waals surface area contributed by atoms with Crippen LogP contribution >= 0.6 is 0 Å². The first-order valence-corrected chi connectivity index (χ1v) is 5.11. The van der Waals surface area contributed by atoms with Gasteiger partial charge in [0.2, 0.25) is 0 Å². The maximum atomic E-state index is 11.2. The van der Waals surface area contributed by atoms with Gasteiger partial charge in [0, 0.05) is 11.6 Å². The van der Waals surface area contributed by atoms with Gasteiger partial charge in [-0.25, -0.2) is 0 Å². The van der Waals surface area contributed by atoms with Crippen LogP contribution in [0.25, 0.3) is 0 Å². The lowest BCUT2D eigenvalue weighted by Gasteiger charge is -2.10. The predicted molar refractivity (Wildman–Crippen MR) is 56.4 cm³/mol. The molecule has 0 aliphatic carbocycles. The van der Waals surface area contributed by atoms with E-state index in [-0.39, 0.29) is 5.78 Å². The third-order valence-electron chi connectivity index (χ3n) is 2.76. The van der Waals surface area contributed by atoms with Gasteiger partial charge in [0.05, 0.1) is 0 Å². The molecule has 1 atom stereocenters. The van der Waals surface area contributed by atoms with Gasteiger partial charge in [0.15, 0.2) is 5.78 Å². The highest BCUT2D eigenvalue weighted by Crippen LogP contribution is 2.23. The second-order valence-electron chi connectivity index (χ2n) is 3.83. The Labute approximate surface area is 84.3 Å². The molecule has 74 valence electrons. The Balaban J connectivity index is 2.25. The largest absolute Gasteiger partial charge is 0.310 e. The maximum Gasteiger partial charge on any atom is 0.159 e. The van der Waals surface area contributed by atoms with Crippen molar-refractivity contribution in [3.63, 3.8) is 0 Å². The SMILES string of the molecule is CC(=O)c1cccc(C2CCCN2)c1. The third-order valence-corrected chi connectivity index (χ3v) is 2.76. The van der Waals surface area contributed by atoms with Gasteiger partial charge in [-0.3, -0.25) is 4.79 Å². The van der Waals surface area contributed by atoms with Crippen LogP contribution in [0.1, 0.15) is 41.7 Å². The van der Waals surface area contributed by atoms with Crippen LogP contribution in [0.5, 0.6) is 0 Å². The van der Waals surface area contributed by atoms with Crippen LogP contribution in [-0.4, -0.2) is 12.3 Å². The highest BCUT2D eigenvalue weighted by Gasteiger charge is 2.16. The number of carbonyl (C=O) groups excluding carboxylic acids is 1. The van der Waals surface area contributed by atoms with Gasteiger partial charge in [0.25, 0.3) is 0 Å². The van der Waals surface area contributed by atoms with Crippen LogP contribution in [0.4, 0.5) is 0 Å². The van der Waals surface area contributed by atoms with Crippen molar-refractivity contribution in [1.82, 2.24) is 5.32 Å². The Morgan fingerprint density at radius 1 is 1.50 bits per heavy atom. The Bertz CT molecular complexity index is 340. The number of nitrogens with one attached hydrogen (secondary N) is 1. The minimum absolute atomic E-state index is 0.143. The molecule has 1 aliphatic rings. The van der Waals surface area contributed by atoms with Crippen LogP contribution in [0.2, 0.25) is 0 Å². The zero-order valence-corrected chi connectivity index (χ0v) is 8.42. The quantitative estimate of drug-likeness (QED) is 0.723. The Kier molecular flexibility index (Phi) is 2.64. The van der Waals surface area contributed by atoms with Gasteiger partial charge < -0.3 is 5.32 Å². The van der Waals surface area contributed by atoms with Gasteiger partial charge in [-0.2, -0.15) is 0 Å². The molecular formula is C12H15NO. The summed E-state index contributed by atoms with van der Waals surface area (Å²) < 4.78 is 0. The van der Waals surface area contributed by atoms with E-state index >= 15 is 0 Å². The van der Waals surface area contributed by atoms with E-state index < -0.39 is 0 Å². The number of Topliss-reactive ketones (excluding diaryl/α,β-unsaturated/α-hetero) is 1. The zero-order chi connectivity index (χ0) is 9.97. The molecule has 1 heterocycles. The van der Waals surface area contributed by atoms with Gasteiger partial charge >= 0.3 is 0 Å². The highest BCUT2D eigenvalue weighted by molar-refractivity contribution is 5.94. The lowest BCUT2D eigenvalue weighted by molar-refractivity contribution is 0.101. The summed E-state index contributed by atoms with van der Waals surface area (Å²) in [6.45, 7) is 2.70. The molecule has 0 amide bonds. The molecule has 0 saturated carbocycles. The molecule has 0 spiro atoms. The summed E-state index contributed by atoms with van der Waals surface area (Å²) in [5, 5.41) is 3.43. The second-order valence-corrected chi connectivity index (χ2v) is 3.83. The van der Waals surface area contributed by atoms with Gasteiger partial charge in [-0.1, -0.05) is 18.2 Å². The first-order chi connectivity index (χ1) is 6.77. The molecule has 0 aromatic heterocycles. The van der Waals surface area contributed by atoms with E-state index in [1.165, 1.54) is 18.4 Å². The molecule has 1 aliphatic heterocycles. The van der Waals surface area contributed by atoms with Gasteiger partial charge in [0.1, 0.15) is 0 Å². The zero-order valence-electron chi connectivity index (χ0n) is 8.42. The van der Waals surface area contributed by atoms with Crippen molar-refractivity contribution in [2.75, 3.05) is 6.54 Å². The molecule has 1 aromatic carbocycles. The Hall–Kier alpha value is -1.15. The smallest absolute Gasteiger partial charge is 0.159 e. The molecule has 1 aromatic rings. The monoisotopic (exact) mass is 189 g/mol. The third kappa shape index (κ3) is 1.85. The van der Waals surface area contributed by atoms with E-state index in [9.17, 15) is 4.79 Å². The van der Waals surface area contributed by atoms with E-state index in [0.717, 1.165) is 12.1 Å². The molecule has 2 nitrogen and oxygen atoms in total. The average molecular weight is 189 g/mol. The molecular weight excluding hydrogens is 174 g/mol.